The van der Waals surface area contributed by atoms with Gasteiger partial charge in [0.15, 0.2) is 0 Å². The van der Waals surface area contributed by atoms with Crippen LogP contribution in [0.1, 0.15) is 23.7 Å². The Morgan fingerprint density at radius 1 is 1.33 bits per heavy atom. The maximum absolute atomic E-state index is 12.4. The Balaban J connectivity index is 1.84. The van der Waals surface area contributed by atoms with Crippen molar-refractivity contribution >= 4 is 23.3 Å². The van der Waals surface area contributed by atoms with Crippen molar-refractivity contribution in [3.8, 4) is 0 Å². The third kappa shape index (κ3) is 2.65. The van der Waals surface area contributed by atoms with Crippen molar-refractivity contribution in [3.63, 3.8) is 0 Å². The minimum atomic E-state index is -0.622. The summed E-state index contributed by atoms with van der Waals surface area (Å²) in [5, 5.41) is 9.83. The summed E-state index contributed by atoms with van der Waals surface area (Å²) in [6.07, 6.45) is 0.0891. The van der Waals surface area contributed by atoms with Gasteiger partial charge < -0.3 is 10.6 Å². The predicted molar refractivity (Wildman–Crippen MR) is 79.1 cm³/mol. The van der Waals surface area contributed by atoms with Crippen LogP contribution in [0.15, 0.2) is 30.3 Å². The lowest BCUT2D eigenvalue weighted by atomic mass is 10.1. The molecule has 1 aliphatic heterocycles. The Labute approximate surface area is 122 Å². The van der Waals surface area contributed by atoms with Crippen LogP contribution in [0.4, 0.5) is 11.5 Å². The third-order valence-corrected chi connectivity index (χ3v) is 3.42. The molecule has 0 radical (unpaired) electrons. The van der Waals surface area contributed by atoms with E-state index < -0.39 is 6.04 Å². The van der Waals surface area contributed by atoms with Crippen molar-refractivity contribution < 1.29 is 9.59 Å². The van der Waals surface area contributed by atoms with Crippen molar-refractivity contribution in [2.45, 2.75) is 26.3 Å². The number of carbonyl (C=O) groups excluding carboxylic acids is 2. The number of hydrogen-bond acceptors (Lipinski definition) is 3. The molecule has 2 amide bonds. The molecule has 0 unspecified atom stereocenters. The van der Waals surface area contributed by atoms with E-state index in [1.165, 1.54) is 0 Å². The van der Waals surface area contributed by atoms with Gasteiger partial charge in [0.1, 0.15) is 11.9 Å². The highest BCUT2D eigenvalue weighted by Crippen LogP contribution is 2.26. The average molecular weight is 284 g/mol. The fourth-order valence-electron chi connectivity index (χ4n) is 2.37. The number of rotatable bonds is 2. The summed E-state index contributed by atoms with van der Waals surface area (Å²) >= 11 is 0. The summed E-state index contributed by atoms with van der Waals surface area (Å²) in [5.41, 5.74) is 2.59. The van der Waals surface area contributed by atoms with E-state index in [-0.39, 0.29) is 18.2 Å². The molecule has 108 valence electrons. The fraction of sp³-hybridized carbons (Fsp3) is 0.267. The zero-order chi connectivity index (χ0) is 15.0. The zero-order valence-electron chi connectivity index (χ0n) is 11.9. The molecular weight excluding hydrogens is 268 g/mol. The molecule has 0 fully saturated rings. The van der Waals surface area contributed by atoms with Gasteiger partial charge in [0.25, 0.3) is 0 Å². The Morgan fingerprint density at radius 2 is 2.05 bits per heavy atom. The molecule has 21 heavy (non-hydrogen) atoms. The van der Waals surface area contributed by atoms with Crippen LogP contribution in [0.2, 0.25) is 0 Å². The zero-order valence-corrected chi connectivity index (χ0v) is 11.9. The second-order valence-corrected chi connectivity index (χ2v) is 5.24. The van der Waals surface area contributed by atoms with Crippen molar-refractivity contribution in [2.75, 3.05) is 10.6 Å². The standard InChI is InChI=1S/C15H16N4O2/c1-9-3-5-11(6-4-9)16-15(21)12-8-14(20)17-13-7-10(2)18-19(12)13/h3-7,12H,8H2,1-2H3,(H,16,21)(H,17,20)/t12-/m1/s1. The topological polar surface area (TPSA) is 76.0 Å². The van der Waals surface area contributed by atoms with E-state index in [0.29, 0.717) is 11.5 Å². The maximum Gasteiger partial charge on any atom is 0.249 e. The van der Waals surface area contributed by atoms with E-state index >= 15 is 0 Å². The van der Waals surface area contributed by atoms with Crippen LogP contribution in [-0.4, -0.2) is 21.6 Å². The molecule has 1 aromatic carbocycles. The molecule has 0 bridgehead atoms. The van der Waals surface area contributed by atoms with Gasteiger partial charge in [-0.05, 0) is 26.0 Å². The molecule has 1 aromatic heterocycles. The van der Waals surface area contributed by atoms with E-state index in [9.17, 15) is 9.59 Å². The highest BCUT2D eigenvalue weighted by atomic mass is 16.2. The van der Waals surface area contributed by atoms with Gasteiger partial charge in [0.05, 0.1) is 12.1 Å². The Hall–Kier alpha value is -2.63. The summed E-state index contributed by atoms with van der Waals surface area (Å²) in [4.78, 5) is 24.1. The van der Waals surface area contributed by atoms with Gasteiger partial charge in [-0.2, -0.15) is 5.10 Å². The average Bonchev–Trinajstić information content (AvgIpc) is 2.80. The Morgan fingerprint density at radius 3 is 2.76 bits per heavy atom. The lowest BCUT2D eigenvalue weighted by Crippen LogP contribution is -2.35. The first kappa shape index (κ1) is 13.4. The molecule has 1 atom stereocenters. The molecule has 2 heterocycles. The SMILES string of the molecule is Cc1ccc(NC(=O)[C@H]2CC(=O)Nc3cc(C)nn32)cc1. The minimum absolute atomic E-state index is 0.0891. The van der Waals surface area contributed by atoms with E-state index in [1.807, 2.05) is 38.1 Å². The Kier molecular flexibility index (Phi) is 3.21. The Bertz CT molecular complexity index is 703. The fourth-order valence-corrected chi connectivity index (χ4v) is 2.37. The number of nitrogens with one attached hydrogen (secondary N) is 2. The van der Waals surface area contributed by atoms with Crippen molar-refractivity contribution in [2.24, 2.45) is 0 Å². The summed E-state index contributed by atoms with van der Waals surface area (Å²) in [7, 11) is 0. The number of fused-ring (bicyclic) bond motifs is 1. The van der Waals surface area contributed by atoms with Gasteiger partial charge in [0, 0.05) is 11.8 Å². The lowest BCUT2D eigenvalue weighted by molar-refractivity contribution is -0.125. The minimum Gasteiger partial charge on any atom is -0.324 e. The number of aryl methyl sites for hydroxylation is 2. The van der Waals surface area contributed by atoms with Crippen LogP contribution < -0.4 is 10.6 Å². The summed E-state index contributed by atoms with van der Waals surface area (Å²) < 4.78 is 1.57. The summed E-state index contributed by atoms with van der Waals surface area (Å²) in [5.74, 6) is 0.150. The van der Waals surface area contributed by atoms with Crippen LogP contribution in [0.3, 0.4) is 0 Å². The predicted octanol–water partition coefficient (Wildman–Crippen LogP) is 2.02. The van der Waals surface area contributed by atoms with Crippen molar-refractivity contribution in [3.05, 3.63) is 41.6 Å². The lowest BCUT2D eigenvalue weighted by Gasteiger charge is -2.23. The highest BCUT2D eigenvalue weighted by Gasteiger charge is 2.31. The van der Waals surface area contributed by atoms with Gasteiger partial charge in [-0.1, -0.05) is 17.7 Å². The van der Waals surface area contributed by atoms with Crippen LogP contribution in [-0.2, 0) is 9.59 Å². The number of anilines is 2. The monoisotopic (exact) mass is 284 g/mol. The third-order valence-electron chi connectivity index (χ3n) is 3.42. The van der Waals surface area contributed by atoms with E-state index in [1.54, 1.807) is 10.7 Å². The van der Waals surface area contributed by atoms with Gasteiger partial charge in [-0.3, -0.25) is 9.59 Å². The second kappa shape index (κ2) is 5.05. The smallest absolute Gasteiger partial charge is 0.249 e. The molecule has 0 aliphatic carbocycles. The molecule has 3 rings (SSSR count). The molecule has 0 spiro atoms. The van der Waals surface area contributed by atoms with Gasteiger partial charge >= 0.3 is 0 Å². The van der Waals surface area contributed by atoms with Crippen molar-refractivity contribution in [1.29, 1.82) is 0 Å². The van der Waals surface area contributed by atoms with Crippen LogP contribution >= 0.6 is 0 Å². The van der Waals surface area contributed by atoms with E-state index in [4.69, 9.17) is 0 Å². The number of benzene rings is 1. The molecule has 2 N–H and O–H groups in total. The molecule has 6 heteroatoms. The van der Waals surface area contributed by atoms with Gasteiger partial charge in [-0.15, -0.1) is 0 Å². The highest BCUT2D eigenvalue weighted by molar-refractivity contribution is 6.01. The van der Waals surface area contributed by atoms with Gasteiger partial charge in [0.2, 0.25) is 11.8 Å². The molecule has 0 saturated carbocycles. The van der Waals surface area contributed by atoms with Crippen LogP contribution in [0.25, 0.3) is 0 Å². The molecule has 0 saturated heterocycles. The largest absolute Gasteiger partial charge is 0.324 e. The van der Waals surface area contributed by atoms with E-state index in [0.717, 1.165) is 11.3 Å². The van der Waals surface area contributed by atoms with Crippen LogP contribution in [0.5, 0.6) is 0 Å². The number of aromatic nitrogens is 2. The number of nitrogens with zero attached hydrogens (tertiary/aromatic N) is 2. The van der Waals surface area contributed by atoms with Crippen molar-refractivity contribution in [1.82, 2.24) is 9.78 Å². The second-order valence-electron chi connectivity index (χ2n) is 5.24. The first-order valence-corrected chi connectivity index (χ1v) is 6.76. The summed E-state index contributed by atoms with van der Waals surface area (Å²) in [6.45, 7) is 3.81. The molecule has 2 aromatic rings. The normalized spacial score (nSPS) is 17.0. The van der Waals surface area contributed by atoms with Crippen LogP contribution in [0, 0.1) is 13.8 Å². The quantitative estimate of drug-likeness (QED) is 0.885. The van der Waals surface area contributed by atoms with Gasteiger partial charge in [-0.25, -0.2) is 4.68 Å². The number of amides is 2. The molecular formula is C15H16N4O2. The first-order chi connectivity index (χ1) is 10.0. The summed E-state index contributed by atoms with van der Waals surface area (Å²) in [6, 6.07) is 8.66. The van der Waals surface area contributed by atoms with E-state index in [2.05, 4.69) is 15.7 Å². The molecule has 6 nitrogen and oxygen atoms in total. The number of hydrogen-bond donors (Lipinski definition) is 2. The first-order valence-electron chi connectivity index (χ1n) is 6.76. The molecule has 1 aliphatic rings. The maximum atomic E-state index is 12.4. The number of carbonyl (C=O) groups is 2.